The summed E-state index contributed by atoms with van der Waals surface area (Å²) in [7, 11) is 1.83. The van der Waals surface area contributed by atoms with Gasteiger partial charge < -0.3 is 4.90 Å². The van der Waals surface area contributed by atoms with Crippen molar-refractivity contribution >= 4 is 5.91 Å². The van der Waals surface area contributed by atoms with Crippen LogP contribution in [-0.4, -0.2) is 23.9 Å². The number of hydrogen-bond donors (Lipinski definition) is 0. The van der Waals surface area contributed by atoms with Gasteiger partial charge in [-0.2, -0.15) is 0 Å². The van der Waals surface area contributed by atoms with Crippen molar-refractivity contribution in [3.63, 3.8) is 0 Å². The third kappa shape index (κ3) is 2.23. The van der Waals surface area contributed by atoms with Crippen molar-refractivity contribution in [3.8, 4) is 0 Å². The molecule has 3 heteroatoms. The average molecular weight is 221 g/mol. The molecule has 86 valence electrons. The molecular weight excluding hydrogens is 205 g/mol. The smallest absolute Gasteiger partial charge is 0.253 e. The normalized spacial score (nSPS) is 16.4. The van der Waals surface area contributed by atoms with Crippen LogP contribution in [0.1, 0.15) is 36.0 Å². The van der Waals surface area contributed by atoms with Crippen LogP contribution in [0.3, 0.4) is 0 Å². The molecule has 1 aliphatic rings. The first-order valence-corrected chi connectivity index (χ1v) is 5.71. The van der Waals surface area contributed by atoms with Crippen LogP contribution in [-0.2, 0) is 0 Å². The summed E-state index contributed by atoms with van der Waals surface area (Å²) in [6.07, 6.45) is 4.57. The Labute approximate surface area is 95.1 Å². The standard InChI is InChI=1S/C13H16FNO/c1-15(12-4-2-3-5-12)13(16)10-6-8-11(14)9-7-10/h6-9,12H,2-5H2,1H3. The lowest BCUT2D eigenvalue weighted by Gasteiger charge is -2.24. The molecule has 0 spiro atoms. The molecule has 0 saturated heterocycles. The fourth-order valence-corrected chi connectivity index (χ4v) is 2.25. The van der Waals surface area contributed by atoms with E-state index in [4.69, 9.17) is 0 Å². The number of halogens is 1. The predicted octanol–water partition coefficient (Wildman–Crippen LogP) is 2.84. The Kier molecular flexibility index (Phi) is 3.22. The van der Waals surface area contributed by atoms with Gasteiger partial charge in [-0.1, -0.05) is 12.8 Å². The second-order valence-electron chi connectivity index (χ2n) is 4.36. The van der Waals surface area contributed by atoms with E-state index in [1.54, 1.807) is 17.0 Å². The fourth-order valence-electron chi connectivity index (χ4n) is 2.25. The first kappa shape index (κ1) is 11.1. The lowest BCUT2D eigenvalue weighted by Crippen LogP contribution is -2.35. The highest BCUT2D eigenvalue weighted by atomic mass is 19.1. The Morgan fingerprint density at radius 1 is 1.25 bits per heavy atom. The Hall–Kier alpha value is -1.38. The minimum absolute atomic E-state index is 0.00750. The summed E-state index contributed by atoms with van der Waals surface area (Å²) in [6.45, 7) is 0. The van der Waals surface area contributed by atoms with Crippen molar-refractivity contribution in [2.45, 2.75) is 31.7 Å². The van der Waals surface area contributed by atoms with Gasteiger partial charge in [0.25, 0.3) is 5.91 Å². The summed E-state index contributed by atoms with van der Waals surface area (Å²) in [5.41, 5.74) is 0.566. The summed E-state index contributed by atoms with van der Waals surface area (Å²) in [5.74, 6) is -0.313. The van der Waals surface area contributed by atoms with Crippen LogP contribution in [0.4, 0.5) is 4.39 Å². The second kappa shape index (κ2) is 4.64. The van der Waals surface area contributed by atoms with Crippen molar-refractivity contribution in [3.05, 3.63) is 35.6 Å². The monoisotopic (exact) mass is 221 g/mol. The SMILES string of the molecule is CN(C(=O)c1ccc(F)cc1)C1CCCC1. The van der Waals surface area contributed by atoms with Crippen LogP contribution < -0.4 is 0 Å². The maximum absolute atomic E-state index is 12.7. The van der Waals surface area contributed by atoms with Gasteiger partial charge in [-0.25, -0.2) is 4.39 Å². The van der Waals surface area contributed by atoms with Crippen molar-refractivity contribution in [1.82, 2.24) is 4.90 Å². The third-order valence-electron chi connectivity index (χ3n) is 3.28. The van der Waals surface area contributed by atoms with Gasteiger partial charge in [0.2, 0.25) is 0 Å². The number of amides is 1. The summed E-state index contributed by atoms with van der Waals surface area (Å²) < 4.78 is 12.7. The van der Waals surface area contributed by atoms with Crippen LogP contribution in [0, 0.1) is 5.82 Å². The van der Waals surface area contributed by atoms with E-state index in [9.17, 15) is 9.18 Å². The Morgan fingerprint density at radius 3 is 2.38 bits per heavy atom. The minimum Gasteiger partial charge on any atom is -0.339 e. The number of hydrogen-bond acceptors (Lipinski definition) is 1. The molecule has 16 heavy (non-hydrogen) atoms. The molecule has 0 aromatic heterocycles. The number of carbonyl (C=O) groups is 1. The fraction of sp³-hybridized carbons (Fsp3) is 0.462. The van der Waals surface area contributed by atoms with Gasteiger partial charge in [0, 0.05) is 18.7 Å². The molecule has 1 aromatic carbocycles. The van der Waals surface area contributed by atoms with Crippen molar-refractivity contribution in [1.29, 1.82) is 0 Å². The van der Waals surface area contributed by atoms with E-state index in [0.717, 1.165) is 12.8 Å². The van der Waals surface area contributed by atoms with E-state index >= 15 is 0 Å². The van der Waals surface area contributed by atoms with Gasteiger partial charge in [0.15, 0.2) is 0 Å². The molecule has 0 N–H and O–H groups in total. The van der Waals surface area contributed by atoms with E-state index in [0.29, 0.717) is 11.6 Å². The van der Waals surface area contributed by atoms with E-state index in [-0.39, 0.29) is 11.7 Å². The summed E-state index contributed by atoms with van der Waals surface area (Å²) in [4.78, 5) is 13.8. The average Bonchev–Trinajstić information content (AvgIpc) is 2.81. The van der Waals surface area contributed by atoms with Gasteiger partial charge in [-0.05, 0) is 37.1 Å². The minimum atomic E-state index is -0.305. The molecule has 0 heterocycles. The molecule has 0 bridgehead atoms. The topological polar surface area (TPSA) is 20.3 Å². The molecular formula is C13H16FNO. The van der Waals surface area contributed by atoms with Crippen LogP contribution in [0.25, 0.3) is 0 Å². The number of carbonyl (C=O) groups excluding carboxylic acids is 1. The number of rotatable bonds is 2. The number of nitrogens with zero attached hydrogens (tertiary/aromatic N) is 1. The maximum atomic E-state index is 12.7. The third-order valence-corrected chi connectivity index (χ3v) is 3.28. The van der Waals surface area contributed by atoms with Crippen LogP contribution in [0.5, 0.6) is 0 Å². The van der Waals surface area contributed by atoms with Gasteiger partial charge in [0.1, 0.15) is 5.82 Å². The number of benzene rings is 1. The Morgan fingerprint density at radius 2 is 1.81 bits per heavy atom. The van der Waals surface area contributed by atoms with Crippen LogP contribution in [0.15, 0.2) is 24.3 Å². The molecule has 1 fully saturated rings. The van der Waals surface area contributed by atoms with E-state index in [2.05, 4.69) is 0 Å². The van der Waals surface area contributed by atoms with E-state index < -0.39 is 0 Å². The van der Waals surface area contributed by atoms with Gasteiger partial charge >= 0.3 is 0 Å². The highest BCUT2D eigenvalue weighted by Gasteiger charge is 2.23. The molecule has 1 saturated carbocycles. The van der Waals surface area contributed by atoms with Gasteiger partial charge in [0.05, 0.1) is 0 Å². The zero-order valence-corrected chi connectivity index (χ0v) is 9.45. The molecule has 2 rings (SSSR count). The molecule has 1 aromatic rings. The van der Waals surface area contributed by atoms with Crippen molar-refractivity contribution in [2.24, 2.45) is 0 Å². The van der Waals surface area contributed by atoms with E-state index in [1.165, 1.54) is 25.0 Å². The summed E-state index contributed by atoms with van der Waals surface area (Å²) >= 11 is 0. The molecule has 0 unspecified atom stereocenters. The molecule has 2 nitrogen and oxygen atoms in total. The molecule has 1 aliphatic carbocycles. The largest absolute Gasteiger partial charge is 0.339 e. The zero-order chi connectivity index (χ0) is 11.5. The van der Waals surface area contributed by atoms with E-state index in [1.807, 2.05) is 7.05 Å². The highest BCUT2D eigenvalue weighted by molar-refractivity contribution is 5.94. The Bertz CT molecular complexity index is 368. The first-order valence-electron chi connectivity index (χ1n) is 5.71. The molecule has 0 atom stereocenters. The zero-order valence-electron chi connectivity index (χ0n) is 9.45. The quantitative estimate of drug-likeness (QED) is 0.752. The molecule has 0 radical (unpaired) electrons. The molecule has 0 aliphatic heterocycles. The van der Waals surface area contributed by atoms with Gasteiger partial charge in [-0.3, -0.25) is 4.79 Å². The van der Waals surface area contributed by atoms with Crippen LogP contribution in [0.2, 0.25) is 0 Å². The van der Waals surface area contributed by atoms with Gasteiger partial charge in [-0.15, -0.1) is 0 Å². The first-order chi connectivity index (χ1) is 7.68. The predicted molar refractivity (Wildman–Crippen MR) is 60.7 cm³/mol. The molecule has 1 amide bonds. The highest BCUT2D eigenvalue weighted by Crippen LogP contribution is 2.23. The maximum Gasteiger partial charge on any atom is 0.253 e. The lowest BCUT2D eigenvalue weighted by molar-refractivity contribution is 0.0735. The summed E-state index contributed by atoms with van der Waals surface area (Å²) in [6, 6.07) is 6.11. The van der Waals surface area contributed by atoms with Crippen molar-refractivity contribution < 1.29 is 9.18 Å². The second-order valence-corrected chi connectivity index (χ2v) is 4.36. The van der Waals surface area contributed by atoms with Crippen molar-refractivity contribution in [2.75, 3.05) is 7.05 Å². The Balaban J connectivity index is 2.08. The lowest BCUT2D eigenvalue weighted by atomic mass is 10.1. The summed E-state index contributed by atoms with van der Waals surface area (Å²) in [5, 5.41) is 0. The van der Waals surface area contributed by atoms with Crippen LogP contribution >= 0.6 is 0 Å².